The van der Waals surface area contributed by atoms with Gasteiger partial charge in [0.25, 0.3) is 0 Å². The second kappa shape index (κ2) is 4.84. The maximum Gasteiger partial charge on any atom is 0.103 e. The van der Waals surface area contributed by atoms with E-state index >= 15 is 0 Å². The van der Waals surface area contributed by atoms with Crippen molar-refractivity contribution < 1.29 is 9.52 Å². The van der Waals surface area contributed by atoms with Gasteiger partial charge in [-0.05, 0) is 34.5 Å². The molecule has 1 N–H and O–H groups in total. The van der Waals surface area contributed by atoms with Gasteiger partial charge < -0.3 is 9.52 Å². The Labute approximate surface area is 102 Å². The van der Waals surface area contributed by atoms with Crippen LogP contribution in [0.3, 0.4) is 0 Å². The maximum atomic E-state index is 10.0. The number of hydrogen-bond donors (Lipinski definition) is 1. The van der Waals surface area contributed by atoms with Crippen molar-refractivity contribution in [2.24, 2.45) is 7.05 Å². The van der Waals surface area contributed by atoms with E-state index in [2.05, 4.69) is 21.0 Å². The number of nitrogens with zero attached hydrogens (tertiary/aromatic N) is 2. The van der Waals surface area contributed by atoms with Gasteiger partial charge in [-0.15, -0.1) is 0 Å². The molecular weight excluding hydrogens is 272 g/mol. The van der Waals surface area contributed by atoms with Crippen LogP contribution in [0.5, 0.6) is 0 Å². The molecule has 5 heteroatoms. The molecule has 0 spiro atoms. The van der Waals surface area contributed by atoms with Gasteiger partial charge in [0.1, 0.15) is 5.76 Å². The normalized spacial score (nSPS) is 12.9. The Balaban J connectivity index is 2.01. The monoisotopic (exact) mass is 284 g/mol. The minimum absolute atomic E-state index is 0.535. The Bertz CT molecular complexity index is 431. The Kier molecular flexibility index (Phi) is 3.46. The highest BCUT2D eigenvalue weighted by atomic mass is 79.9. The fourth-order valence-electron chi connectivity index (χ4n) is 1.67. The number of rotatable bonds is 4. The molecule has 2 heterocycles. The minimum atomic E-state index is -0.535. The quantitative estimate of drug-likeness (QED) is 0.938. The van der Waals surface area contributed by atoms with Crippen molar-refractivity contribution >= 4 is 15.9 Å². The molecule has 1 atom stereocenters. The number of aliphatic hydroxyl groups is 1. The summed E-state index contributed by atoms with van der Waals surface area (Å²) in [6.45, 7) is 0. The van der Waals surface area contributed by atoms with Crippen LogP contribution in [0.2, 0.25) is 0 Å². The van der Waals surface area contributed by atoms with Crippen molar-refractivity contribution in [1.29, 1.82) is 0 Å². The second-order valence-corrected chi connectivity index (χ2v) is 4.49. The Morgan fingerprint density at radius 2 is 2.44 bits per heavy atom. The van der Waals surface area contributed by atoms with E-state index in [1.165, 1.54) is 0 Å². The van der Waals surface area contributed by atoms with E-state index in [1.54, 1.807) is 17.1 Å². The number of aryl methyl sites for hydroxylation is 2. The highest BCUT2D eigenvalue weighted by molar-refractivity contribution is 9.10. The average molecular weight is 285 g/mol. The molecule has 0 radical (unpaired) electrons. The van der Waals surface area contributed by atoms with Gasteiger partial charge in [-0.2, -0.15) is 5.10 Å². The summed E-state index contributed by atoms with van der Waals surface area (Å²) in [6.07, 6.45) is 4.12. The van der Waals surface area contributed by atoms with Crippen LogP contribution in [0.25, 0.3) is 0 Å². The molecule has 2 aromatic rings. The summed E-state index contributed by atoms with van der Waals surface area (Å²) in [5, 5.41) is 14.1. The molecule has 0 amide bonds. The molecule has 0 bridgehead atoms. The lowest BCUT2D eigenvalue weighted by Crippen LogP contribution is -2.06. The van der Waals surface area contributed by atoms with E-state index in [1.807, 2.05) is 19.2 Å². The molecule has 0 aliphatic heterocycles. The first kappa shape index (κ1) is 11.4. The molecular formula is C11H13BrN2O2. The van der Waals surface area contributed by atoms with Gasteiger partial charge in [-0.3, -0.25) is 4.68 Å². The lowest BCUT2D eigenvalue weighted by Gasteiger charge is -2.10. The number of furan rings is 1. The first-order valence-electron chi connectivity index (χ1n) is 5.06. The van der Waals surface area contributed by atoms with Crippen LogP contribution in [0.1, 0.15) is 24.0 Å². The van der Waals surface area contributed by atoms with Crippen molar-refractivity contribution in [2.45, 2.75) is 18.9 Å². The smallest absolute Gasteiger partial charge is 0.103 e. The zero-order valence-electron chi connectivity index (χ0n) is 8.93. The van der Waals surface area contributed by atoms with Crippen molar-refractivity contribution in [2.75, 3.05) is 0 Å². The summed E-state index contributed by atoms with van der Waals surface area (Å²) < 4.78 is 7.73. The van der Waals surface area contributed by atoms with Crippen LogP contribution in [-0.2, 0) is 13.5 Å². The number of halogens is 1. The van der Waals surface area contributed by atoms with Gasteiger partial charge in [0.05, 0.1) is 28.7 Å². The van der Waals surface area contributed by atoms with Gasteiger partial charge in [0.2, 0.25) is 0 Å². The predicted molar refractivity (Wildman–Crippen MR) is 62.9 cm³/mol. The molecule has 2 aromatic heterocycles. The summed E-state index contributed by atoms with van der Waals surface area (Å²) in [4.78, 5) is 0. The van der Waals surface area contributed by atoms with Crippen LogP contribution in [0.15, 0.2) is 33.5 Å². The lowest BCUT2D eigenvalue weighted by molar-refractivity contribution is 0.155. The number of hydrogen-bond acceptors (Lipinski definition) is 3. The maximum absolute atomic E-state index is 10.0. The third-order valence-electron chi connectivity index (χ3n) is 2.50. The number of aliphatic hydroxyl groups excluding tert-OH is 1. The molecule has 86 valence electrons. The van der Waals surface area contributed by atoms with Crippen LogP contribution < -0.4 is 0 Å². The molecule has 1 unspecified atom stereocenters. The van der Waals surface area contributed by atoms with E-state index in [9.17, 15) is 5.11 Å². The van der Waals surface area contributed by atoms with Gasteiger partial charge in [0, 0.05) is 13.5 Å². The van der Waals surface area contributed by atoms with Gasteiger partial charge in [0.15, 0.2) is 0 Å². The largest absolute Gasteiger partial charge is 0.469 e. The molecule has 0 saturated carbocycles. The molecule has 0 fully saturated rings. The zero-order valence-corrected chi connectivity index (χ0v) is 10.5. The fraction of sp³-hybridized carbons (Fsp3) is 0.364. The van der Waals surface area contributed by atoms with E-state index in [0.29, 0.717) is 12.8 Å². The highest BCUT2D eigenvalue weighted by Crippen LogP contribution is 2.25. The Hall–Kier alpha value is -1.07. The van der Waals surface area contributed by atoms with E-state index in [-0.39, 0.29) is 0 Å². The van der Waals surface area contributed by atoms with E-state index < -0.39 is 6.10 Å². The second-order valence-electron chi connectivity index (χ2n) is 3.64. The molecule has 2 rings (SSSR count). The van der Waals surface area contributed by atoms with Crippen molar-refractivity contribution in [3.63, 3.8) is 0 Å². The van der Waals surface area contributed by atoms with Crippen LogP contribution in [-0.4, -0.2) is 14.9 Å². The summed E-state index contributed by atoms with van der Waals surface area (Å²) in [6, 6.07) is 3.76. The van der Waals surface area contributed by atoms with E-state index in [4.69, 9.17) is 4.42 Å². The molecule has 0 aliphatic rings. The molecule has 0 aliphatic carbocycles. The van der Waals surface area contributed by atoms with Gasteiger partial charge in [-0.25, -0.2) is 0 Å². The summed E-state index contributed by atoms with van der Waals surface area (Å²) in [5.74, 6) is 0.886. The third kappa shape index (κ3) is 2.36. The van der Waals surface area contributed by atoms with Crippen LogP contribution in [0, 0.1) is 0 Å². The van der Waals surface area contributed by atoms with Gasteiger partial charge >= 0.3 is 0 Å². The lowest BCUT2D eigenvalue weighted by atomic mass is 10.1. The summed E-state index contributed by atoms with van der Waals surface area (Å²) >= 11 is 3.37. The Morgan fingerprint density at radius 1 is 1.62 bits per heavy atom. The predicted octanol–water partition coefficient (Wildman–Crippen LogP) is 2.44. The third-order valence-corrected chi connectivity index (χ3v) is 3.11. The summed E-state index contributed by atoms with van der Waals surface area (Å²) in [7, 11) is 1.82. The fourth-order valence-corrected chi connectivity index (χ4v) is 2.28. The zero-order chi connectivity index (χ0) is 11.5. The Morgan fingerprint density at radius 3 is 3.00 bits per heavy atom. The van der Waals surface area contributed by atoms with Crippen molar-refractivity contribution in [3.8, 4) is 0 Å². The minimum Gasteiger partial charge on any atom is -0.469 e. The number of aromatic nitrogens is 2. The molecule has 0 aromatic carbocycles. The standard InChI is InChI=1S/C11H13BrN2O2/c1-14-11(9(12)7-13-14)10(15)5-4-8-3-2-6-16-8/h2-3,6-7,10,15H,4-5H2,1H3. The molecule has 0 saturated heterocycles. The topological polar surface area (TPSA) is 51.2 Å². The van der Waals surface area contributed by atoms with Crippen LogP contribution in [0.4, 0.5) is 0 Å². The van der Waals surface area contributed by atoms with Gasteiger partial charge in [-0.1, -0.05) is 0 Å². The summed E-state index contributed by atoms with van der Waals surface area (Å²) in [5.41, 5.74) is 0.798. The molecule has 4 nitrogen and oxygen atoms in total. The first-order valence-corrected chi connectivity index (χ1v) is 5.85. The van der Waals surface area contributed by atoms with Crippen LogP contribution >= 0.6 is 15.9 Å². The first-order chi connectivity index (χ1) is 7.68. The van der Waals surface area contributed by atoms with E-state index in [0.717, 1.165) is 15.9 Å². The van der Waals surface area contributed by atoms with Crippen molar-refractivity contribution in [3.05, 3.63) is 40.5 Å². The molecule has 16 heavy (non-hydrogen) atoms. The SMILES string of the molecule is Cn1ncc(Br)c1C(O)CCc1ccco1. The van der Waals surface area contributed by atoms with Crippen molar-refractivity contribution in [1.82, 2.24) is 9.78 Å². The average Bonchev–Trinajstić information content (AvgIpc) is 2.86. The highest BCUT2D eigenvalue weighted by Gasteiger charge is 2.16.